The number of hydrogen-bond acceptors (Lipinski definition) is 6. The Morgan fingerprint density at radius 2 is 2.07 bits per heavy atom. The van der Waals surface area contributed by atoms with Crippen LogP contribution in [0, 0.1) is 0 Å². The van der Waals surface area contributed by atoms with Crippen molar-refractivity contribution >= 4 is 17.9 Å². The number of ether oxygens (including phenoxy) is 1. The standard InChI is InChI=1S/C20H25N3O4/c1-20(2,3)27-14-7-8-15-17(12-14)23(13-21-9-11-24)19(26)16-6-4-5-10-22(16)18(15)25/h4-8,10-12,16,19,21,26H,9,13H2,1-3H3/t16-,19?/m0/s1. The van der Waals surface area contributed by atoms with E-state index in [2.05, 4.69) is 5.32 Å². The van der Waals surface area contributed by atoms with E-state index >= 15 is 0 Å². The summed E-state index contributed by atoms with van der Waals surface area (Å²) in [6.07, 6.45) is 6.79. The number of aliphatic hydroxyl groups is 1. The molecule has 27 heavy (non-hydrogen) atoms. The number of rotatable bonds is 5. The monoisotopic (exact) mass is 371 g/mol. The Morgan fingerprint density at radius 3 is 2.78 bits per heavy atom. The lowest BCUT2D eigenvalue weighted by molar-refractivity contribution is -0.107. The third-order valence-electron chi connectivity index (χ3n) is 4.29. The van der Waals surface area contributed by atoms with Gasteiger partial charge in [-0.3, -0.25) is 10.1 Å². The zero-order valence-corrected chi connectivity index (χ0v) is 15.8. The van der Waals surface area contributed by atoms with Gasteiger partial charge in [-0.1, -0.05) is 12.2 Å². The maximum Gasteiger partial charge on any atom is 0.260 e. The first-order valence-electron chi connectivity index (χ1n) is 8.91. The Labute approximate surface area is 158 Å². The lowest BCUT2D eigenvalue weighted by Crippen LogP contribution is -2.51. The summed E-state index contributed by atoms with van der Waals surface area (Å²) in [5.74, 6) is 0.405. The second-order valence-corrected chi connectivity index (χ2v) is 7.49. The van der Waals surface area contributed by atoms with E-state index in [-0.39, 0.29) is 19.1 Å². The van der Waals surface area contributed by atoms with Crippen molar-refractivity contribution < 1.29 is 19.4 Å². The fourth-order valence-electron chi connectivity index (χ4n) is 3.19. The fourth-order valence-corrected chi connectivity index (χ4v) is 3.19. The Kier molecular flexibility index (Phi) is 5.34. The van der Waals surface area contributed by atoms with Gasteiger partial charge in [0.05, 0.1) is 30.5 Å². The van der Waals surface area contributed by atoms with E-state index in [0.717, 1.165) is 6.29 Å². The molecule has 7 heteroatoms. The number of fused-ring (bicyclic) bond motifs is 2. The van der Waals surface area contributed by atoms with Crippen molar-refractivity contribution in [1.29, 1.82) is 0 Å². The predicted molar refractivity (Wildman–Crippen MR) is 102 cm³/mol. The van der Waals surface area contributed by atoms with Crippen LogP contribution >= 0.6 is 0 Å². The van der Waals surface area contributed by atoms with E-state index in [1.165, 1.54) is 4.90 Å². The van der Waals surface area contributed by atoms with E-state index in [9.17, 15) is 14.7 Å². The van der Waals surface area contributed by atoms with Crippen molar-refractivity contribution in [2.75, 3.05) is 18.1 Å². The Hall–Kier alpha value is -2.64. The number of hydrogen-bond donors (Lipinski definition) is 2. The van der Waals surface area contributed by atoms with Crippen LogP contribution < -0.4 is 15.0 Å². The molecule has 144 valence electrons. The minimum absolute atomic E-state index is 0.148. The molecule has 0 radical (unpaired) electrons. The number of amides is 1. The molecule has 2 heterocycles. The van der Waals surface area contributed by atoms with Gasteiger partial charge in [-0.25, -0.2) is 0 Å². The van der Waals surface area contributed by atoms with Crippen molar-refractivity contribution in [1.82, 2.24) is 10.2 Å². The molecule has 2 aliphatic rings. The predicted octanol–water partition coefficient (Wildman–Crippen LogP) is 1.64. The third-order valence-corrected chi connectivity index (χ3v) is 4.29. The van der Waals surface area contributed by atoms with Crippen molar-refractivity contribution in [2.24, 2.45) is 0 Å². The Bertz CT molecular complexity index is 782. The molecule has 1 aromatic rings. The number of aldehydes is 1. The first-order chi connectivity index (χ1) is 12.8. The van der Waals surface area contributed by atoms with Gasteiger partial charge in [0.1, 0.15) is 17.6 Å². The van der Waals surface area contributed by atoms with Gasteiger partial charge in [-0.05, 0) is 39.0 Å². The van der Waals surface area contributed by atoms with Gasteiger partial charge in [0.2, 0.25) is 0 Å². The second kappa shape index (κ2) is 7.54. The molecule has 1 unspecified atom stereocenters. The number of aliphatic hydroxyl groups excluding tert-OH is 1. The summed E-state index contributed by atoms with van der Waals surface area (Å²) in [5.41, 5.74) is 0.625. The molecule has 0 saturated heterocycles. The number of nitrogens with zero attached hydrogens (tertiary/aromatic N) is 2. The summed E-state index contributed by atoms with van der Waals surface area (Å²) in [5, 5.41) is 14.0. The molecule has 7 nitrogen and oxygen atoms in total. The largest absolute Gasteiger partial charge is 0.488 e. The normalized spacial score (nSPS) is 21.6. The van der Waals surface area contributed by atoms with Crippen LogP contribution in [0.5, 0.6) is 5.75 Å². The lowest BCUT2D eigenvalue weighted by atomic mass is 10.1. The molecule has 0 aliphatic carbocycles. The van der Waals surface area contributed by atoms with Crippen LogP contribution in [-0.2, 0) is 4.79 Å². The third kappa shape index (κ3) is 4.04. The second-order valence-electron chi connectivity index (χ2n) is 7.49. The van der Waals surface area contributed by atoms with Gasteiger partial charge in [0.25, 0.3) is 5.91 Å². The first-order valence-corrected chi connectivity index (χ1v) is 8.91. The van der Waals surface area contributed by atoms with Crippen molar-refractivity contribution in [3.8, 4) is 5.75 Å². The maximum absolute atomic E-state index is 13.1. The van der Waals surface area contributed by atoms with Gasteiger partial charge in [0, 0.05) is 12.3 Å². The molecule has 2 atom stereocenters. The summed E-state index contributed by atoms with van der Waals surface area (Å²) in [6, 6.07) is 4.71. The van der Waals surface area contributed by atoms with Crippen LogP contribution in [0.25, 0.3) is 0 Å². The molecule has 0 bridgehead atoms. The quantitative estimate of drug-likeness (QED) is 0.605. The smallest absolute Gasteiger partial charge is 0.260 e. The highest BCUT2D eigenvalue weighted by molar-refractivity contribution is 6.02. The Morgan fingerprint density at radius 1 is 1.30 bits per heavy atom. The average Bonchev–Trinajstić information content (AvgIpc) is 2.70. The SMILES string of the molecule is CC(C)(C)Oc1ccc2c(c1)N(CNCC=O)C(O)[C@@H]1C=CC=CN1C2=O. The van der Waals surface area contributed by atoms with E-state index in [1.54, 1.807) is 47.5 Å². The van der Waals surface area contributed by atoms with Crippen LogP contribution in [0.4, 0.5) is 5.69 Å². The fraction of sp³-hybridized carbons (Fsp3) is 0.400. The van der Waals surface area contributed by atoms with Gasteiger partial charge in [0.15, 0.2) is 6.23 Å². The highest BCUT2D eigenvalue weighted by Gasteiger charge is 2.38. The molecular weight excluding hydrogens is 346 g/mol. The minimum Gasteiger partial charge on any atom is -0.488 e. The molecule has 3 rings (SSSR count). The number of benzene rings is 1. The van der Waals surface area contributed by atoms with E-state index in [0.29, 0.717) is 17.0 Å². The van der Waals surface area contributed by atoms with E-state index < -0.39 is 17.9 Å². The Balaban J connectivity index is 2.05. The number of nitrogens with one attached hydrogen (secondary N) is 1. The summed E-state index contributed by atoms with van der Waals surface area (Å²) in [7, 11) is 0. The molecule has 1 amide bonds. The van der Waals surface area contributed by atoms with Gasteiger partial charge in [-0.2, -0.15) is 0 Å². The summed E-state index contributed by atoms with van der Waals surface area (Å²) >= 11 is 0. The minimum atomic E-state index is -0.986. The average molecular weight is 371 g/mol. The zero-order valence-electron chi connectivity index (χ0n) is 15.8. The van der Waals surface area contributed by atoms with Crippen LogP contribution in [-0.4, -0.2) is 53.3 Å². The molecule has 2 aliphatic heterocycles. The number of carbonyl (C=O) groups is 2. The van der Waals surface area contributed by atoms with E-state index in [1.807, 2.05) is 20.8 Å². The number of carbonyl (C=O) groups excluding carboxylic acids is 2. The highest BCUT2D eigenvalue weighted by Crippen LogP contribution is 2.35. The van der Waals surface area contributed by atoms with Crippen LogP contribution in [0.3, 0.4) is 0 Å². The van der Waals surface area contributed by atoms with Crippen molar-refractivity contribution in [3.63, 3.8) is 0 Å². The topological polar surface area (TPSA) is 82.1 Å². The molecule has 0 saturated carbocycles. The molecule has 1 aromatic carbocycles. The summed E-state index contributed by atoms with van der Waals surface area (Å²) in [6.45, 7) is 6.18. The summed E-state index contributed by atoms with van der Waals surface area (Å²) < 4.78 is 5.93. The van der Waals surface area contributed by atoms with Gasteiger partial charge < -0.3 is 24.4 Å². The molecule has 2 N–H and O–H groups in total. The zero-order chi connectivity index (χ0) is 19.6. The molecule has 0 fully saturated rings. The van der Waals surface area contributed by atoms with Crippen LogP contribution in [0.2, 0.25) is 0 Å². The van der Waals surface area contributed by atoms with Crippen LogP contribution in [0.15, 0.2) is 42.6 Å². The first kappa shape index (κ1) is 19.1. The van der Waals surface area contributed by atoms with Gasteiger partial charge >= 0.3 is 0 Å². The van der Waals surface area contributed by atoms with E-state index in [4.69, 9.17) is 4.74 Å². The lowest BCUT2D eigenvalue weighted by Gasteiger charge is -2.35. The number of anilines is 1. The molecule has 0 aromatic heterocycles. The van der Waals surface area contributed by atoms with Crippen LogP contribution in [0.1, 0.15) is 31.1 Å². The van der Waals surface area contributed by atoms with Crippen molar-refractivity contribution in [2.45, 2.75) is 38.6 Å². The van der Waals surface area contributed by atoms with Crippen molar-refractivity contribution in [3.05, 3.63) is 48.2 Å². The maximum atomic E-state index is 13.1. The molecule has 0 spiro atoms. The molecular formula is C20H25N3O4. The van der Waals surface area contributed by atoms with Gasteiger partial charge in [-0.15, -0.1) is 0 Å². The number of allylic oxidation sites excluding steroid dienone is 2. The highest BCUT2D eigenvalue weighted by atomic mass is 16.5. The summed E-state index contributed by atoms with van der Waals surface area (Å²) in [4.78, 5) is 27.0.